The average molecular weight is 475 g/mol. The number of rotatable bonds is 10. The molecule has 0 saturated carbocycles. The van der Waals surface area contributed by atoms with Gasteiger partial charge in [0.2, 0.25) is 5.91 Å². The Morgan fingerprint density at radius 3 is 2.53 bits per heavy atom. The third kappa shape index (κ3) is 5.23. The molecule has 0 aliphatic heterocycles. The van der Waals surface area contributed by atoms with Crippen molar-refractivity contribution in [1.82, 2.24) is 20.1 Å². The molecule has 0 aliphatic rings. The van der Waals surface area contributed by atoms with Gasteiger partial charge in [0.25, 0.3) is 0 Å². The molecule has 8 heteroatoms. The van der Waals surface area contributed by atoms with Crippen LogP contribution < -0.4 is 10.1 Å². The molecule has 0 bridgehead atoms. The van der Waals surface area contributed by atoms with E-state index in [1.54, 1.807) is 19.4 Å². The summed E-state index contributed by atoms with van der Waals surface area (Å²) in [6.07, 6.45) is 3.41. The average Bonchev–Trinajstić information content (AvgIpc) is 3.47. The van der Waals surface area contributed by atoms with Crippen LogP contribution in [0.15, 0.2) is 89.2 Å². The van der Waals surface area contributed by atoms with Crippen molar-refractivity contribution in [3.63, 3.8) is 0 Å². The molecule has 174 valence electrons. The molecule has 1 unspecified atom stereocenters. The van der Waals surface area contributed by atoms with E-state index in [1.165, 1.54) is 11.8 Å². The normalized spacial score (nSPS) is 11.7. The van der Waals surface area contributed by atoms with Gasteiger partial charge in [0.15, 0.2) is 11.0 Å². The number of aromatic nitrogens is 3. The van der Waals surface area contributed by atoms with Crippen LogP contribution in [0.5, 0.6) is 5.75 Å². The maximum atomic E-state index is 13.0. The lowest BCUT2D eigenvalue weighted by Crippen LogP contribution is -2.30. The van der Waals surface area contributed by atoms with E-state index in [4.69, 9.17) is 9.15 Å². The Labute approximate surface area is 202 Å². The summed E-state index contributed by atoms with van der Waals surface area (Å²) in [4.78, 5) is 13.0. The fourth-order valence-corrected chi connectivity index (χ4v) is 4.40. The van der Waals surface area contributed by atoms with Crippen LogP contribution in [0.3, 0.4) is 0 Å². The Morgan fingerprint density at radius 1 is 1.15 bits per heavy atom. The van der Waals surface area contributed by atoms with Gasteiger partial charge in [-0.2, -0.15) is 0 Å². The molecular formula is C26H26N4O3S. The third-order valence-corrected chi connectivity index (χ3v) is 6.31. The van der Waals surface area contributed by atoms with E-state index in [0.29, 0.717) is 17.5 Å². The smallest absolute Gasteiger partial charge is 0.231 e. The van der Waals surface area contributed by atoms with E-state index in [2.05, 4.69) is 22.1 Å². The SMILES string of the molecule is C=CCn1c(SCC(=O)NC(c2ccccc2)c2ccc(OC)cc2)nnc1-c1ccoc1C. The van der Waals surface area contributed by atoms with Crippen molar-refractivity contribution in [1.29, 1.82) is 0 Å². The molecular weight excluding hydrogens is 448 g/mol. The number of ether oxygens (including phenoxy) is 1. The number of methoxy groups -OCH3 is 1. The van der Waals surface area contributed by atoms with Crippen LogP contribution in [0, 0.1) is 6.92 Å². The first-order valence-electron chi connectivity index (χ1n) is 10.8. The van der Waals surface area contributed by atoms with Crippen LogP contribution in [0.1, 0.15) is 22.9 Å². The Hall–Kier alpha value is -3.78. The molecule has 0 fully saturated rings. The predicted molar refractivity (Wildman–Crippen MR) is 133 cm³/mol. The first-order valence-corrected chi connectivity index (χ1v) is 11.8. The first-order chi connectivity index (χ1) is 16.6. The zero-order chi connectivity index (χ0) is 23.9. The van der Waals surface area contributed by atoms with Gasteiger partial charge < -0.3 is 14.5 Å². The number of furan rings is 1. The molecule has 34 heavy (non-hydrogen) atoms. The van der Waals surface area contributed by atoms with Crippen LogP contribution in [-0.4, -0.2) is 33.5 Å². The summed E-state index contributed by atoms with van der Waals surface area (Å²) in [7, 11) is 1.63. The first kappa shape index (κ1) is 23.4. The topological polar surface area (TPSA) is 82.2 Å². The number of carbonyl (C=O) groups is 1. The molecule has 2 aromatic carbocycles. The van der Waals surface area contributed by atoms with E-state index in [1.807, 2.05) is 72.2 Å². The minimum atomic E-state index is -0.282. The number of aryl methyl sites for hydroxylation is 1. The zero-order valence-electron chi connectivity index (χ0n) is 19.1. The Balaban J connectivity index is 1.51. The summed E-state index contributed by atoms with van der Waals surface area (Å²) in [6, 6.07) is 19.2. The van der Waals surface area contributed by atoms with Gasteiger partial charge in [0, 0.05) is 6.54 Å². The van der Waals surface area contributed by atoms with Crippen LogP contribution >= 0.6 is 11.8 Å². The number of hydrogen-bond acceptors (Lipinski definition) is 6. The molecule has 0 spiro atoms. The van der Waals surface area contributed by atoms with Crippen LogP contribution in [0.25, 0.3) is 11.4 Å². The van der Waals surface area contributed by atoms with Crippen molar-refractivity contribution >= 4 is 17.7 Å². The fraction of sp³-hybridized carbons (Fsp3) is 0.192. The molecule has 1 N–H and O–H groups in total. The Morgan fingerprint density at radius 2 is 1.88 bits per heavy atom. The quantitative estimate of drug-likeness (QED) is 0.256. The van der Waals surface area contributed by atoms with Gasteiger partial charge in [-0.25, -0.2) is 0 Å². The molecule has 1 atom stereocenters. The van der Waals surface area contributed by atoms with Crippen molar-refractivity contribution < 1.29 is 13.9 Å². The van der Waals surface area contributed by atoms with E-state index in [0.717, 1.165) is 28.2 Å². The lowest BCUT2D eigenvalue weighted by Gasteiger charge is -2.20. The third-order valence-electron chi connectivity index (χ3n) is 5.35. The number of carbonyl (C=O) groups excluding carboxylic acids is 1. The number of amides is 1. The van der Waals surface area contributed by atoms with E-state index in [9.17, 15) is 4.79 Å². The van der Waals surface area contributed by atoms with Gasteiger partial charge >= 0.3 is 0 Å². The summed E-state index contributed by atoms with van der Waals surface area (Å²) in [6.45, 7) is 6.24. The number of allylic oxidation sites excluding steroid dienone is 1. The predicted octanol–water partition coefficient (Wildman–Crippen LogP) is 5.04. The highest BCUT2D eigenvalue weighted by molar-refractivity contribution is 7.99. The maximum Gasteiger partial charge on any atom is 0.231 e. The van der Waals surface area contributed by atoms with Crippen LogP contribution in [-0.2, 0) is 11.3 Å². The van der Waals surface area contributed by atoms with Crippen molar-refractivity contribution in [3.8, 4) is 17.1 Å². The second-order valence-electron chi connectivity index (χ2n) is 7.57. The number of nitrogens with zero attached hydrogens (tertiary/aromatic N) is 3. The largest absolute Gasteiger partial charge is 0.497 e. The minimum Gasteiger partial charge on any atom is -0.497 e. The highest BCUT2D eigenvalue weighted by Gasteiger charge is 2.20. The van der Waals surface area contributed by atoms with Gasteiger partial charge in [-0.3, -0.25) is 9.36 Å². The van der Waals surface area contributed by atoms with Gasteiger partial charge in [0.05, 0.1) is 30.7 Å². The van der Waals surface area contributed by atoms with Gasteiger partial charge in [0.1, 0.15) is 11.5 Å². The van der Waals surface area contributed by atoms with Crippen LogP contribution in [0.2, 0.25) is 0 Å². The second-order valence-corrected chi connectivity index (χ2v) is 8.51. The Bertz CT molecular complexity index is 1250. The van der Waals surface area contributed by atoms with E-state index < -0.39 is 0 Å². The molecule has 0 aliphatic carbocycles. The summed E-state index contributed by atoms with van der Waals surface area (Å²) in [5.74, 6) is 2.30. The lowest BCUT2D eigenvalue weighted by atomic mass is 9.98. The summed E-state index contributed by atoms with van der Waals surface area (Å²) in [5, 5.41) is 12.4. The highest BCUT2D eigenvalue weighted by atomic mass is 32.2. The number of benzene rings is 2. The van der Waals surface area contributed by atoms with E-state index in [-0.39, 0.29) is 17.7 Å². The monoisotopic (exact) mass is 474 g/mol. The number of nitrogens with one attached hydrogen (secondary N) is 1. The summed E-state index contributed by atoms with van der Waals surface area (Å²) >= 11 is 1.34. The van der Waals surface area contributed by atoms with Gasteiger partial charge in [-0.05, 0) is 36.2 Å². The van der Waals surface area contributed by atoms with Crippen molar-refractivity contribution in [3.05, 3.63) is 96.5 Å². The van der Waals surface area contributed by atoms with Crippen molar-refractivity contribution in [2.75, 3.05) is 12.9 Å². The van der Waals surface area contributed by atoms with E-state index >= 15 is 0 Å². The fourth-order valence-electron chi connectivity index (χ4n) is 3.64. The Kier molecular flexibility index (Phi) is 7.49. The molecule has 0 saturated heterocycles. The van der Waals surface area contributed by atoms with Crippen molar-refractivity contribution in [2.24, 2.45) is 0 Å². The molecule has 1 amide bonds. The summed E-state index contributed by atoms with van der Waals surface area (Å²) < 4.78 is 12.6. The molecule has 0 radical (unpaired) electrons. The lowest BCUT2D eigenvalue weighted by molar-refractivity contribution is -0.119. The minimum absolute atomic E-state index is 0.108. The maximum absolute atomic E-state index is 13.0. The van der Waals surface area contributed by atoms with Crippen LogP contribution in [0.4, 0.5) is 0 Å². The molecule has 7 nitrogen and oxygen atoms in total. The van der Waals surface area contributed by atoms with Gasteiger partial charge in [-0.1, -0.05) is 60.3 Å². The zero-order valence-corrected chi connectivity index (χ0v) is 19.9. The molecule has 2 heterocycles. The number of thioether (sulfide) groups is 1. The second kappa shape index (κ2) is 10.9. The van der Waals surface area contributed by atoms with Crippen molar-refractivity contribution in [2.45, 2.75) is 24.7 Å². The number of hydrogen-bond donors (Lipinski definition) is 1. The standard InChI is InChI=1S/C26H26N4O3S/c1-4-15-30-25(22-14-16-33-18(22)2)28-29-26(30)34-17-23(31)27-24(19-8-6-5-7-9-19)20-10-12-21(32-3)13-11-20/h4-14,16,24H,1,15,17H2,2-3H3,(H,27,31). The van der Waals surface area contributed by atoms with Gasteiger partial charge in [-0.15, -0.1) is 16.8 Å². The highest BCUT2D eigenvalue weighted by Crippen LogP contribution is 2.28. The summed E-state index contributed by atoms with van der Waals surface area (Å²) in [5.41, 5.74) is 2.84. The molecule has 4 aromatic rings. The molecule has 4 rings (SSSR count). The molecule has 2 aromatic heterocycles.